The van der Waals surface area contributed by atoms with Gasteiger partial charge in [0.05, 0.1) is 35.5 Å². The van der Waals surface area contributed by atoms with Crippen LogP contribution in [0, 0.1) is 11.3 Å². The van der Waals surface area contributed by atoms with Gasteiger partial charge in [0.2, 0.25) is 0 Å². The van der Waals surface area contributed by atoms with Crippen LogP contribution in [0.2, 0.25) is 0 Å². The molecule has 1 aromatic carbocycles. The van der Waals surface area contributed by atoms with E-state index in [1.165, 1.54) is 43.1 Å². The molecule has 6 heterocycles. The Labute approximate surface area is 255 Å². The summed E-state index contributed by atoms with van der Waals surface area (Å²) < 4.78 is 5.76. The molecule has 1 aliphatic carbocycles. The smallest absolute Gasteiger partial charge is 0.142 e. The van der Waals surface area contributed by atoms with Crippen molar-refractivity contribution < 1.29 is 9.84 Å². The van der Waals surface area contributed by atoms with Gasteiger partial charge in [-0.3, -0.25) is 9.88 Å². The van der Waals surface area contributed by atoms with Crippen LogP contribution in [-0.2, 0) is 0 Å². The molecule has 0 saturated carbocycles. The minimum atomic E-state index is -0.928. The Bertz CT molecular complexity index is 1600. The molecule has 6 heteroatoms. The van der Waals surface area contributed by atoms with E-state index in [1.807, 2.05) is 12.3 Å². The maximum atomic E-state index is 13.1. The summed E-state index contributed by atoms with van der Waals surface area (Å²) in [6.45, 7) is 4.41. The zero-order chi connectivity index (χ0) is 29.0. The maximum absolute atomic E-state index is 13.1. The number of allylic oxidation sites excluding steroid dienone is 4. The molecule has 3 aromatic rings. The van der Waals surface area contributed by atoms with Crippen LogP contribution < -0.4 is 4.74 Å². The number of hydrogen-bond donors (Lipinski definition) is 2. The summed E-state index contributed by atoms with van der Waals surface area (Å²) in [5, 5.41) is 15.5. The first-order chi connectivity index (χ1) is 21.1. The lowest BCUT2D eigenvalue weighted by atomic mass is 9.54. The van der Waals surface area contributed by atoms with E-state index in [0.717, 1.165) is 86.1 Å². The predicted octanol–water partition coefficient (Wildman–Crippen LogP) is 6.86. The van der Waals surface area contributed by atoms with Gasteiger partial charge >= 0.3 is 0 Å². The van der Waals surface area contributed by atoms with E-state index in [0.29, 0.717) is 12.0 Å². The Morgan fingerprint density at radius 1 is 0.953 bits per heavy atom. The number of aromatic nitrogens is 2. The molecular weight excluding hydrogens is 532 g/mol. The van der Waals surface area contributed by atoms with Gasteiger partial charge in [0, 0.05) is 35.0 Å². The Balaban J connectivity index is 1.35. The summed E-state index contributed by atoms with van der Waals surface area (Å²) in [5.74, 6) is 1.20. The second-order valence-corrected chi connectivity index (χ2v) is 13.9. The molecule has 0 radical (unpaired) electrons. The molecule has 2 saturated heterocycles. The minimum Gasteiger partial charge on any atom is -0.495 e. The third-order valence-corrected chi connectivity index (χ3v) is 11.5. The van der Waals surface area contributed by atoms with Crippen LogP contribution in [0.4, 0.5) is 0 Å². The van der Waals surface area contributed by atoms with Gasteiger partial charge in [-0.15, -0.1) is 0 Å². The van der Waals surface area contributed by atoms with E-state index in [4.69, 9.17) is 9.72 Å². The molecular formula is C37H46N4O2. The van der Waals surface area contributed by atoms with Crippen LogP contribution in [0.15, 0.2) is 60.8 Å². The second kappa shape index (κ2) is 10.9. The summed E-state index contributed by atoms with van der Waals surface area (Å²) in [4.78, 5) is 14.4. The highest BCUT2D eigenvalue weighted by Gasteiger charge is 2.65. The lowest BCUT2D eigenvalue weighted by molar-refractivity contribution is -0.0894. The van der Waals surface area contributed by atoms with Gasteiger partial charge in [0.1, 0.15) is 5.75 Å². The predicted molar refractivity (Wildman–Crippen MR) is 174 cm³/mol. The molecule has 2 aromatic heterocycles. The van der Waals surface area contributed by atoms with Crippen molar-refractivity contribution in [3.8, 4) is 5.75 Å². The van der Waals surface area contributed by atoms with E-state index in [9.17, 15) is 5.11 Å². The topological polar surface area (TPSA) is 64.6 Å². The SMILES string of the molecule is COc1cccc2c1[nH]c1c(C3=C[C@@]4(O)CC/C=C\CCCCN5CC[C@@H]3[C@]3(C[C@@H]6/C=C\CCCCN6[C@H]34)C5)nccc12. The lowest BCUT2D eigenvalue weighted by Gasteiger charge is -2.58. The second-order valence-electron chi connectivity index (χ2n) is 13.9. The number of aliphatic hydroxyl groups is 1. The Morgan fingerprint density at radius 3 is 2.70 bits per heavy atom. The number of hydrogen-bond acceptors (Lipinski definition) is 5. The average molecular weight is 579 g/mol. The number of aromatic amines is 1. The summed E-state index contributed by atoms with van der Waals surface area (Å²) >= 11 is 0. The first kappa shape index (κ1) is 27.6. The van der Waals surface area contributed by atoms with Crippen LogP contribution in [0.25, 0.3) is 27.4 Å². The lowest BCUT2D eigenvalue weighted by Crippen LogP contribution is -2.65. The van der Waals surface area contributed by atoms with Crippen molar-refractivity contribution >= 4 is 27.4 Å². The van der Waals surface area contributed by atoms with Crippen molar-refractivity contribution in [3.63, 3.8) is 0 Å². The zero-order valence-corrected chi connectivity index (χ0v) is 25.6. The van der Waals surface area contributed by atoms with Crippen molar-refractivity contribution in [2.45, 2.75) is 81.9 Å². The van der Waals surface area contributed by atoms with E-state index in [2.05, 4.69) is 63.4 Å². The van der Waals surface area contributed by atoms with Crippen molar-refractivity contribution in [2.75, 3.05) is 33.3 Å². The first-order valence-corrected chi connectivity index (χ1v) is 16.8. The Morgan fingerprint density at radius 2 is 1.79 bits per heavy atom. The van der Waals surface area contributed by atoms with Crippen molar-refractivity contribution in [2.24, 2.45) is 11.3 Å². The highest BCUT2D eigenvalue weighted by atomic mass is 16.5. The molecule has 5 aliphatic rings. The maximum Gasteiger partial charge on any atom is 0.142 e. The van der Waals surface area contributed by atoms with Crippen molar-refractivity contribution in [1.82, 2.24) is 19.8 Å². The van der Waals surface area contributed by atoms with E-state index in [-0.39, 0.29) is 11.5 Å². The minimum absolute atomic E-state index is 0.0260. The number of para-hydroxylation sites is 1. The number of methoxy groups -OCH3 is 1. The monoisotopic (exact) mass is 578 g/mol. The Hall–Kier alpha value is -2.93. The summed E-state index contributed by atoms with van der Waals surface area (Å²) in [6.07, 6.45) is 25.0. The van der Waals surface area contributed by atoms with Gasteiger partial charge in [-0.05, 0) is 114 Å². The molecule has 1 spiro atoms. The fourth-order valence-electron chi connectivity index (χ4n) is 9.80. The molecule has 3 bridgehead atoms. The van der Waals surface area contributed by atoms with Crippen LogP contribution in [0.3, 0.4) is 0 Å². The van der Waals surface area contributed by atoms with Gasteiger partial charge in [0.25, 0.3) is 0 Å². The Kier molecular flexibility index (Phi) is 7.00. The molecule has 6 atom stereocenters. The summed E-state index contributed by atoms with van der Waals surface area (Å²) in [7, 11) is 1.74. The van der Waals surface area contributed by atoms with E-state index < -0.39 is 5.60 Å². The number of fused-ring (bicyclic) bond motifs is 5. The van der Waals surface area contributed by atoms with Crippen LogP contribution >= 0.6 is 0 Å². The highest BCUT2D eigenvalue weighted by Crippen LogP contribution is 2.61. The average Bonchev–Trinajstić information content (AvgIpc) is 3.53. The summed E-state index contributed by atoms with van der Waals surface area (Å²) in [5.41, 5.74) is 3.40. The molecule has 0 amide bonds. The van der Waals surface area contributed by atoms with Crippen LogP contribution in [0.5, 0.6) is 5.75 Å². The summed E-state index contributed by atoms with van der Waals surface area (Å²) in [6, 6.07) is 8.88. The molecule has 1 unspecified atom stereocenters. The number of pyridine rings is 1. The molecule has 226 valence electrons. The fraction of sp³-hybridized carbons (Fsp3) is 0.541. The van der Waals surface area contributed by atoms with Crippen LogP contribution in [-0.4, -0.2) is 75.8 Å². The number of benzene rings is 1. The number of H-pyrrole nitrogens is 1. The van der Waals surface area contributed by atoms with E-state index >= 15 is 0 Å². The fourth-order valence-corrected chi connectivity index (χ4v) is 9.80. The molecule has 2 fully saturated rings. The van der Waals surface area contributed by atoms with Gasteiger partial charge in [-0.25, -0.2) is 0 Å². The molecule has 2 N–H and O–H groups in total. The quantitative estimate of drug-likeness (QED) is 0.325. The van der Waals surface area contributed by atoms with Crippen LogP contribution in [0.1, 0.15) is 69.9 Å². The highest BCUT2D eigenvalue weighted by molar-refractivity contribution is 6.11. The van der Waals surface area contributed by atoms with Crippen molar-refractivity contribution in [1.29, 1.82) is 0 Å². The van der Waals surface area contributed by atoms with Gasteiger partial charge in [0.15, 0.2) is 0 Å². The number of ether oxygens (including phenoxy) is 1. The van der Waals surface area contributed by atoms with E-state index in [1.54, 1.807) is 7.11 Å². The normalized spacial score (nSPS) is 36.4. The number of piperidine rings is 1. The molecule has 6 nitrogen and oxygen atoms in total. The molecule has 43 heavy (non-hydrogen) atoms. The zero-order valence-electron chi connectivity index (χ0n) is 25.6. The third-order valence-electron chi connectivity index (χ3n) is 11.5. The molecule has 8 rings (SSSR count). The van der Waals surface area contributed by atoms with Gasteiger partial charge in [-0.2, -0.15) is 0 Å². The number of rotatable bonds is 2. The number of nitrogens with zero attached hydrogens (tertiary/aromatic N) is 3. The largest absolute Gasteiger partial charge is 0.495 e. The number of nitrogens with one attached hydrogen (secondary N) is 1. The first-order valence-electron chi connectivity index (χ1n) is 16.8. The van der Waals surface area contributed by atoms with Gasteiger partial charge < -0.3 is 19.7 Å². The van der Waals surface area contributed by atoms with Crippen molar-refractivity contribution in [3.05, 3.63) is 66.5 Å². The third kappa shape index (κ3) is 4.43. The molecule has 4 aliphatic heterocycles. The standard InChI is InChI=1S/C37H46N4O2/c1-43-31-15-12-14-27-28-16-19-38-33(34(28)39-32(27)31)29-24-37(42)18-9-5-2-3-6-10-20-40-22-17-30(29)36(25-40)23-26-13-8-4-7-11-21-41(26)35(36)37/h2,5,8,12-16,19,24,26,30,35,39,42H,3-4,6-7,9-11,17-18,20-23,25H2,1H3/b5-2-,13-8-/t26-,30-,35+,36-,37-/m0/s1. The van der Waals surface area contributed by atoms with Gasteiger partial charge in [-0.1, -0.05) is 36.4 Å².